The molecule has 308 valence electrons. The molecular formula is C49H37Cl2N5O6. The Hall–Kier alpha value is -7.02. The van der Waals surface area contributed by atoms with E-state index in [1.54, 1.807) is 54.9 Å². The van der Waals surface area contributed by atoms with Crippen molar-refractivity contribution in [3.63, 3.8) is 0 Å². The molecule has 3 heterocycles. The molecule has 0 saturated heterocycles. The number of carbonyl (C=O) groups excluding carboxylic acids is 2. The molecule has 62 heavy (non-hydrogen) atoms. The van der Waals surface area contributed by atoms with Gasteiger partial charge >= 0.3 is 5.97 Å². The summed E-state index contributed by atoms with van der Waals surface area (Å²) < 4.78 is 12.3. The number of nitriles is 1. The molecule has 0 bridgehead atoms. The van der Waals surface area contributed by atoms with Gasteiger partial charge in [0, 0.05) is 42.9 Å². The van der Waals surface area contributed by atoms with Crippen LogP contribution in [-0.4, -0.2) is 56.3 Å². The van der Waals surface area contributed by atoms with E-state index in [1.165, 1.54) is 0 Å². The Morgan fingerprint density at radius 3 is 2.29 bits per heavy atom. The van der Waals surface area contributed by atoms with Crippen LogP contribution < -0.4 is 14.8 Å². The van der Waals surface area contributed by atoms with Crippen LogP contribution in [0.1, 0.15) is 50.9 Å². The summed E-state index contributed by atoms with van der Waals surface area (Å²) in [5.41, 5.74) is 7.16. The third-order valence-corrected chi connectivity index (χ3v) is 11.5. The van der Waals surface area contributed by atoms with Crippen LogP contribution in [0, 0.1) is 23.2 Å². The van der Waals surface area contributed by atoms with Gasteiger partial charge in [0.1, 0.15) is 24.1 Å². The molecular weight excluding hydrogens is 825 g/mol. The van der Waals surface area contributed by atoms with Crippen molar-refractivity contribution in [3.8, 4) is 40.5 Å². The smallest absolute Gasteiger partial charge is 0.326 e. The predicted octanol–water partition coefficient (Wildman–Crippen LogP) is 7.74. The van der Waals surface area contributed by atoms with Crippen LogP contribution in [0.4, 0.5) is 0 Å². The lowest BCUT2D eigenvalue weighted by molar-refractivity contribution is -0.142. The Kier molecular flexibility index (Phi) is 12.6. The Balaban J connectivity index is 0.980. The number of ketones is 1. The Morgan fingerprint density at radius 1 is 0.887 bits per heavy atom. The van der Waals surface area contributed by atoms with E-state index in [0.29, 0.717) is 50.6 Å². The molecule has 0 saturated carbocycles. The van der Waals surface area contributed by atoms with Crippen LogP contribution >= 0.6 is 23.2 Å². The first-order chi connectivity index (χ1) is 30.1. The van der Waals surface area contributed by atoms with Crippen molar-refractivity contribution in [1.82, 2.24) is 20.2 Å². The van der Waals surface area contributed by atoms with Crippen molar-refractivity contribution in [1.29, 1.82) is 5.26 Å². The predicted molar refractivity (Wildman–Crippen MR) is 232 cm³/mol. The van der Waals surface area contributed by atoms with Crippen LogP contribution in [0.3, 0.4) is 0 Å². The Morgan fingerprint density at radius 2 is 1.60 bits per heavy atom. The molecule has 8 rings (SSSR count). The van der Waals surface area contributed by atoms with Crippen molar-refractivity contribution >= 4 is 40.9 Å². The van der Waals surface area contributed by atoms with Gasteiger partial charge in [-0.15, -0.1) is 0 Å². The van der Waals surface area contributed by atoms with Gasteiger partial charge in [0.05, 0.1) is 34.3 Å². The van der Waals surface area contributed by atoms with Crippen molar-refractivity contribution in [3.05, 3.63) is 176 Å². The number of nitrogens with one attached hydrogen (secondary N) is 1. The fourth-order valence-electron chi connectivity index (χ4n) is 7.51. The highest BCUT2D eigenvalue weighted by Gasteiger charge is 2.36. The fourth-order valence-corrected chi connectivity index (χ4v) is 7.83. The number of hydrogen-bond donors (Lipinski definition) is 2. The largest absolute Gasteiger partial charge is 0.489 e. The molecule has 0 spiro atoms. The molecule has 13 heteroatoms. The molecule has 0 fully saturated rings. The Bertz CT molecular complexity index is 2750. The molecule has 0 aliphatic carbocycles. The van der Waals surface area contributed by atoms with Gasteiger partial charge in [-0.05, 0) is 94.3 Å². The van der Waals surface area contributed by atoms with Gasteiger partial charge in [0.15, 0.2) is 11.9 Å². The van der Waals surface area contributed by atoms with Gasteiger partial charge in [-0.1, -0.05) is 89.8 Å². The van der Waals surface area contributed by atoms with Gasteiger partial charge in [-0.3, -0.25) is 14.5 Å². The number of ether oxygens (including phenoxy) is 2. The molecule has 0 radical (unpaired) electrons. The summed E-state index contributed by atoms with van der Waals surface area (Å²) in [6, 6.07) is 32.8. The quantitative estimate of drug-likeness (QED) is 0.124. The summed E-state index contributed by atoms with van der Waals surface area (Å²) in [4.78, 5) is 50.5. The zero-order chi connectivity index (χ0) is 43.2. The van der Waals surface area contributed by atoms with Crippen molar-refractivity contribution in [2.75, 3.05) is 6.54 Å². The number of Topliss-reactive ketones (excluding diaryl/α,β-unsaturated/α-hetero) is 1. The number of nitrogens with zero attached hydrogens (tertiary/aromatic N) is 4. The average molecular weight is 863 g/mol. The minimum Gasteiger partial charge on any atom is -0.489 e. The molecule has 3 atom stereocenters. The molecule has 5 aromatic carbocycles. The second-order valence-corrected chi connectivity index (χ2v) is 15.8. The van der Waals surface area contributed by atoms with E-state index < -0.39 is 30.1 Å². The van der Waals surface area contributed by atoms with E-state index in [-0.39, 0.29) is 38.2 Å². The van der Waals surface area contributed by atoms with Crippen LogP contribution in [0.25, 0.3) is 11.1 Å². The van der Waals surface area contributed by atoms with E-state index in [0.717, 1.165) is 33.4 Å². The standard InChI is InChI=1S/C49H37Cl2N5O6/c50-40-17-8-32(21-41(40)51)29-61-39-15-13-35(14-16-39)47-44(57)25-37-23-36-24-43(56(28-38(36)26-45(37)62-47)20-1-3-46-53-18-2-19-54-46)48(58)55-42(49(59)60)22-30-4-9-33(10-5-30)34-11-6-31(27-52)7-12-34/h2,4-19,21,23,26,42-43,47H,20,22,24-25,28-29H2,(H,55,58)(H,59,60)/t42-,43-,47?/m0/s1. The molecule has 2 aliphatic rings. The first kappa shape index (κ1) is 41.7. The van der Waals surface area contributed by atoms with Gasteiger partial charge in [-0.2, -0.15) is 5.26 Å². The topological polar surface area (TPSA) is 155 Å². The van der Waals surface area contributed by atoms with Crippen molar-refractivity contribution in [2.24, 2.45) is 0 Å². The molecule has 1 unspecified atom stereocenters. The maximum atomic E-state index is 14.1. The Labute approximate surface area is 367 Å². The molecule has 1 aromatic heterocycles. The monoisotopic (exact) mass is 861 g/mol. The van der Waals surface area contributed by atoms with Crippen LogP contribution in [0.15, 0.2) is 122 Å². The SMILES string of the molecule is N#Cc1ccc(-c2ccc(C[C@H](NC(=O)[C@@H]3Cc4cc5c(cc4CN3CC#Cc3ncccn3)OC(c3ccc(OCc4ccc(Cl)c(Cl)c4)cc3)C(=O)C5)C(=O)O)cc2)cc1. The molecule has 11 nitrogen and oxygen atoms in total. The zero-order valence-corrected chi connectivity index (χ0v) is 34.6. The van der Waals surface area contributed by atoms with E-state index in [1.807, 2.05) is 71.6 Å². The summed E-state index contributed by atoms with van der Waals surface area (Å²) in [6.07, 6.45) is 2.83. The number of aliphatic carboxylic acids is 1. The number of benzene rings is 5. The summed E-state index contributed by atoms with van der Waals surface area (Å²) in [7, 11) is 0. The van der Waals surface area contributed by atoms with Crippen molar-refractivity contribution in [2.45, 2.75) is 50.6 Å². The summed E-state index contributed by atoms with van der Waals surface area (Å²) >= 11 is 12.2. The van der Waals surface area contributed by atoms with E-state index in [2.05, 4.69) is 33.2 Å². The number of aromatic nitrogens is 2. The molecule has 6 aromatic rings. The van der Waals surface area contributed by atoms with Crippen LogP contribution in [0.2, 0.25) is 10.0 Å². The van der Waals surface area contributed by atoms with Gasteiger partial charge in [0.2, 0.25) is 11.7 Å². The van der Waals surface area contributed by atoms with E-state index >= 15 is 0 Å². The lowest BCUT2D eigenvalue weighted by atomic mass is 9.88. The van der Waals surface area contributed by atoms with Gasteiger partial charge < -0.3 is 19.9 Å². The first-order valence-corrected chi connectivity index (χ1v) is 20.5. The van der Waals surface area contributed by atoms with Crippen LogP contribution in [-0.2, 0) is 46.8 Å². The van der Waals surface area contributed by atoms with E-state index in [9.17, 15) is 19.5 Å². The number of hydrogen-bond acceptors (Lipinski definition) is 9. The lowest BCUT2D eigenvalue weighted by Gasteiger charge is -2.36. The molecule has 2 aliphatic heterocycles. The van der Waals surface area contributed by atoms with Crippen molar-refractivity contribution < 1.29 is 29.0 Å². The number of fused-ring (bicyclic) bond motifs is 2. The zero-order valence-electron chi connectivity index (χ0n) is 33.1. The van der Waals surface area contributed by atoms with Gasteiger partial charge in [0.25, 0.3) is 0 Å². The number of carboxylic acid groups (broad SMARTS) is 1. The minimum absolute atomic E-state index is 0.0613. The summed E-state index contributed by atoms with van der Waals surface area (Å²) in [6.45, 7) is 0.769. The summed E-state index contributed by atoms with van der Waals surface area (Å²) in [5.74, 6) is 5.85. The average Bonchev–Trinajstić information content (AvgIpc) is 3.29. The third-order valence-electron chi connectivity index (χ3n) is 10.8. The second-order valence-electron chi connectivity index (χ2n) is 15.0. The number of carbonyl (C=O) groups is 3. The van der Waals surface area contributed by atoms with Crippen LogP contribution in [0.5, 0.6) is 11.5 Å². The first-order valence-electron chi connectivity index (χ1n) is 19.7. The second kappa shape index (κ2) is 18.7. The number of carboxylic acids is 1. The maximum Gasteiger partial charge on any atom is 0.326 e. The van der Waals surface area contributed by atoms with E-state index in [4.69, 9.17) is 37.9 Å². The molecule has 2 N–H and O–H groups in total. The number of rotatable bonds is 11. The number of amides is 1. The highest BCUT2D eigenvalue weighted by molar-refractivity contribution is 6.42. The highest BCUT2D eigenvalue weighted by Crippen LogP contribution is 2.38. The molecule has 1 amide bonds. The number of halogens is 2. The highest BCUT2D eigenvalue weighted by atomic mass is 35.5. The third kappa shape index (κ3) is 9.78. The minimum atomic E-state index is -1.20. The fraction of sp³-hybridized carbons (Fsp3) is 0.184. The maximum absolute atomic E-state index is 14.1. The normalized spacial score (nSPS) is 16.0. The summed E-state index contributed by atoms with van der Waals surface area (Å²) in [5, 5.41) is 23.1. The lowest BCUT2D eigenvalue weighted by Crippen LogP contribution is -2.54. The van der Waals surface area contributed by atoms with Gasteiger partial charge in [-0.25, -0.2) is 14.8 Å².